The number of rotatable bonds is 9. The summed E-state index contributed by atoms with van der Waals surface area (Å²) in [4.78, 5) is 28.5. The second-order valence-corrected chi connectivity index (χ2v) is 9.17. The first-order valence-corrected chi connectivity index (χ1v) is 12.6. The molecule has 3 amide bonds. The summed E-state index contributed by atoms with van der Waals surface area (Å²) < 4.78 is 23.6. The van der Waals surface area contributed by atoms with Gasteiger partial charge in [-0.05, 0) is 42.0 Å². The van der Waals surface area contributed by atoms with Gasteiger partial charge < -0.3 is 33.7 Å². The summed E-state index contributed by atoms with van der Waals surface area (Å²) in [6, 6.07) is 15.8. The number of methoxy groups -OCH3 is 2. The fraction of sp³-hybridized carbons (Fsp3) is 0.321. The zero-order valence-corrected chi connectivity index (χ0v) is 22.1. The normalized spacial score (nSPS) is 15.7. The molecule has 11 nitrogen and oxygen atoms in total. The number of amides is 3. The SMILES string of the molecule is COCCN(CC(=O)N1N=C(c2cccn2C)CC1c1ccc2c(c1)OCO2)C(=O)Nc1ccccc1OC. The van der Waals surface area contributed by atoms with Crippen molar-refractivity contribution in [2.24, 2.45) is 12.1 Å². The number of aryl methyl sites for hydroxylation is 1. The zero-order valence-electron chi connectivity index (χ0n) is 22.1. The van der Waals surface area contributed by atoms with Gasteiger partial charge in [0.1, 0.15) is 12.3 Å². The van der Waals surface area contributed by atoms with Crippen LogP contribution in [0.5, 0.6) is 17.2 Å². The van der Waals surface area contributed by atoms with Crippen molar-refractivity contribution in [2.45, 2.75) is 12.5 Å². The molecule has 2 aliphatic heterocycles. The van der Waals surface area contributed by atoms with Crippen LogP contribution >= 0.6 is 0 Å². The molecule has 1 atom stereocenters. The summed E-state index contributed by atoms with van der Waals surface area (Å²) in [7, 11) is 5.01. The van der Waals surface area contributed by atoms with Gasteiger partial charge in [0.25, 0.3) is 5.91 Å². The van der Waals surface area contributed by atoms with Crippen molar-refractivity contribution in [3.05, 3.63) is 72.1 Å². The highest BCUT2D eigenvalue weighted by atomic mass is 16.7. The summed E-state index contributed by atoms with van der Waals surface area (Å²) in [5, 5.41) is 9.06. The second kappa shape index (κ2) is 11.5. The van der Waals surface area contributed by atoms with Gasteiger partial charge in [0, 0.05) is 33.3 Å². The second-order valence-electron chi connectivity index (χ2n) is 9.17. The number of urea groups is 1. The number of para-hydroxylation sites is 2. The van der Waals surface area contributed by atoms with Gasteiger partial charge in [-0.2, -0.15) is 5.10 Å². The summed E-state index contributed by atoms with van der Waals surface area (Å²) in [6.07, 6.45) is 2.45. The minimum Gasteiger partial charge on any atom is -0.495 e. The Morgan fingerprint density at radius 1 is 1.10 bits per heavy atom. The lowest BCUT2D eigenvalue weighted by Gasteiger charge is -2.27. The topological polar surface area (TPSA) is 107 Å². The Kier molecular flexibility index (Phi) is 7.69. The quantitative estimate of drug-likeness (QED) is 0.450. The van der Waals surface area contributed by atoms with Crippen LogP contribution in [-0.4, -0.2) is 72.8 Å². The highest BCUT2D eigenvalue weighted by Crippen LogP contribution is 2.39. The average molecular weight is 534 g/mol. The van der Waals surface area contributed by atoms with E-state index < -0.39 is 6.03 Å². The minimum absolute atomic E-state index is 0.160. The van der Waals surface area contributed by atoms with Gasteiger partial charge in [-0.1, -0.05) is 18.2 Å². The van der Waals surface area contributed by atoms with Crippen molar-refractivity contribution in [1.82, 2.24) is 14.5 Å². The molecule has 2 aromatic carbocycles. The molecular weight excluding hydrogens is 502 g/mol. The van der Waals surface area contributed by atoms with Gasteiger partial charge in [-0.25, -0.2) is 9.80 Å². The third-order valence-electron chi connectivity index (χ3n) is 6.71. The van der Waals surface area contributed by atoms with Crippen molar-refractivity contribution in [1.29, 1.82) is 0 Å². The van der Waals surface area contributed by atoms with E-state index in [2.05, 4.69) is 5.32 Å². The Morgan fingerprint density at radius 2 is 1.92 bits per heavy atom. The molecule has 3 heterocycles. The molecule has 5 rings (SSSR count). The first kappa shape index (κ1) is 26.1. The number of aromatic nitrogens is 1. The van der Waals surface area contributed by atoms with E-state index in [9.17, 15) is 9.59 Å². The zero-order chi connectivity index (χ0) is 27.4. The number of hydrogen-bond acceptors (Lipinski definition) is 7. The Balaban J connectivity index is 1.40. The van der Waals surface area contributed by atoms with E-state index in [1.807, 2.05) is 54.2 Å². The molecule has 204 valence electrons. The van der Waals surface area contributed by atoms with E-state index in [4.69, 9.17) is 24.0 Å². The lowest BCUT2D eigenvalue weighted by atomic mass is 10.00. The predicted molar refractivity (Wildman–Crippen MR) is 144 cm³/mol. The van der Waals surface area contributed by atoms with Crippen LogP contribution in [0.2, 0.25) is 0 Å². The highest BCUT2D eigenvalue weighted by Gasteiger charge is 2.36. The van der Waals surface area contributed by atoms with E-state index in [-0.39, 0.29) is 38.4 Å². The highest BCUT2D eigenvalue weighted by molar-refractivity contribution is 6.02. The van der Waals surface area contributed by atoms with Gasteiger partial charge in [0.15, 0.2) is 11.5 Å². The molecule has 0 bridgehead atoms. The van der Waals surface area contributed by atoms with Crippen molar-refractivity contribution in [2.75, 3.05) is 46.0 Å². The Labute approximate surface area is 226 Å². The number of hydrogen-bond donors (Lipinski definition) is 1. The van der Waals surface area contributed by atoms with Crippen molar-refractivity contribution in [3.8, 4) is 17.2 Å². The average Bonchev–Trinajstić information content (AvgIpc) is 3.70. The monoisotopic (exact) mass is 533 g/mol. The molecule has 1 unspecified atom stereocenters. The van der Waals surface area contributed by atoms with Crippen LogP contribution < -0.4 is 19.5 Å². The van der Waals surface area contributed by atoms with E-state index >= 15 is 0 Å². The van der Waals surface area contributed by atoms with Crippen molar-refractivity contribution >= 4 is 23.3 Å². The van der Waals surface area contributed by atoms with E-state index in [1.54, 1.807) is 25.3 Å². The Hall–Kier alpha value is -4.51. The number of ether oxygens (including phenoxy) is 4. The third kappa shape index (κ3) is 5.53. The molecule has 11 heteroatoms. The largest absolute Gasteiger partial charge is 0.495 e. The summed E-state index contributed by atoms with van der Waals surface area (Å²) in [5.41, 5.74) is 3.06. The number of fused-ring (bicyclic) bond motifs is 1. The molecule has 3 aromatic rings. The van der Waals surface area contributed by atoms with Crippen LogP contribution in [0.4, 0.5) is 10.5 Å². The number of benzene rings is 2. The lowest BCUT2D eigenvalue weighted by molar-refractivity contribution is -0.133. The fourth-order valence-corrected chi connectivity index (χ4v) is 4.67. The molecule has 0 saturated heterocycles. The Bertz CT molecular complexity index is 1390. The fourth-order valence-electron chi connectivity index (χ4n) is 4.67. The van der Waals surface area contributed by atoms with E-state index in [1.165, 1.54) is 17.0 Å². The van der Waals surface area contributed by atoms with Crippen LogP contribution in [0.15, 0.2) is 65.9 Å². The van der Waals surface area contributed by atoms with Gasteiger partial charge in [-0.15, -0.1) is 0 Å². The Morgan fingerprint density at radius 3 is 2.69 bits per heavy atom. The molecule has 0 saturated carbocycles. The van der Waals surface area contributed by atoms with Crippen LogP contribution in [0.25, 0.3) is 0 Å². The van der Waals surface area contributed by atoms with Gasteiger partial charge in [0.05, 0.1) is 36.9 Å². The molecule has 0 radical (unpaired) electrons. The summed E-state index contributed by atoms with van der Waals surface area (Å²) in [6.45, 7) is 0.429. The number of hydrazone groups is 1. The van der Waals surface area contributed by atoms with E-state index in [0.717, 1.165) is 17.0 Å². The number of carbonyl (C=O) groups excluding carboxylic acids is 2. The van der Waals surface area contributed by atoms with Crippen LogP contribution in [0.3, 0.4) is 0 Å². The lowest BCUT2D eigenvalue weighted by Crippen LogP contribution is -2.44. The molecule has 2 aliphatic rings. The maximum atomic E-state index is 13.8. The molecule has 1 aromatic heterocycles. The molecular formula is C28H31N5O6. The molecule has 0 aliphatic carbocycles. The van der Waals surface area contributed by atoms with Gasteiger partial charge >= 0.3 is 6.03 Å². The molecule has 0 spiro atoms. The first-order valence-electron chi connectivity index (χ1n) is 12.6. The number of anilines is 1. The third-order valence-corrected chi connectivity index (χ3v) is 6.71. The van der Waals surface area contributed by atoms with Gasteiger partial charge in [-0.3, -0.25) is 4.79 Å². The van der Waals surface area contributed by atoms with Gasteiger partial charge in [0.2, 0.25) is 6.79 Å². The molecule has 0 fully saturated rings. The van der Waals surface area contributed by atoms with E-state index in [0.29, 0.717) is 29.4 Å². The van der Waals surface area contributed by atoms with Crippen LogP contribution in [-0.2, 0) is 16.6 Å². The summed E-state index contributed by atoms with van der Waals surface area (Å²) in [5.74, 6) is 1.48. The molecule has 39 heavy (non-hydrogen) atoms. The van der Waals surface area contributed by atoms with Crippen LogP contribution in [0.1, 0.15) is 23.7 Å². The minimum atomic E-state index is -0.449. The number of nitrogens with one attached hydrogen (secondary N) is 1. The maximum absolute atomic E-state index is 13.8. The maximum Gasteiger partial charge on any atom is 0.322 e. The van der Waals surface area contributed by atoms with Crippen molar-refractivity contribution < 1.29 is 28.5 Å². The summed E-state index contributed by atoms with van der Waals surface area (Å²) >= 11 is 0. The van der Waals surface area contributed by atoms with Crippen LogP contribution in [0, 0.1) is 0 Å². The van der Waals surface area contributed by atoms with Crippen molar-refractivity contribution in [3.63, 3.8) is 0 Å². The number of carbonyl (C=O) groups is 2. The number of nitrogens with zero attached hydrogens (tertiary/aromatic N) is 4. The predicted octanol–water partition coefficient (Wildman–Crippen LogP) is 3.62. The standard InChI is InChI=1S/C28H31N5O6/c1-31-12-6-8-22(31)21-16-23(19-10-11-25-26(15-19)39-18-38-25)33(30-21)27(34)17-32(13-14-36-2)28(35)29-20-7-4-5-9-24(20)37-3/h4-12,15,23H,13-14,16-18H2,1-3H3,(H,29,35). The first-order chi connectivity index (χ1) is 19.0. The molecule has 1 N–H and O–H groups in total. The smallest absolute Gasteiger partial charge is 0.322 e.